The van der Waals surface area contributed by atoms with Gasteiger partial charge >= 0.3 is 0 Å². The molecule has 1 aliphatic heterocycles. The van der Waals surface area contributed by atoms with Crippen molar-refractivity contribution in [3.8, 4) is 5.75 Å². The molecule has 3 nitrogen and oxygen atoms in total. The molecule has 0 radical (unpaired) electrons. The zero-order valence-electron chi connectivity index (χ0n) is 13.8. The largest absolute Gasteiger partial charge is 0.496 e. The van der Waals surface area contributed by atoms with E-state index in [2.05, 4.69) is 72.4 Å². The average Bonchev–Trinajstić information content (AvgIpc) is 2.86. The summed E-state index contributed by atoms with van der Waals surface area (Å²) in [6, 6.07) is 15.1. The SMILES string of the molecule is COc1ccc(Br)cc1C(c1ccc(Br)cc1)N1CCCNCC1. The van der Waals surface area contributed by atoms with Crippen LogP contribution in [0, 0.1) is 0 Å². The summed E-state index contributed by atoms with van der Waals surface area (Å²) in [5.74, 6) is 0.934. The average molecular weight is 454 g/mol. The maximum Gasteiger partial charge on any atom is 0.124 e. The molecule has 0 bridgehead atoms. The minimum atomic E-state index is 0.186. The molecule has 1 N–H and O–H groups in total. The van der Waals surface area contributed by atoms with Gasteiger partial charge in [-0.1, -0.05) is 44.0 Å². The van der Waals surface area contributed by atoms with Crippen molar-refractivity contribution < 1.29 is 4.74 Å². The molecule has 1 atom stereocenters. The molecule has 1 unspecified atom stereocenters. The number of rotatable bonds is 4. The molecule has 3 rings (SSSR count). The molecule has 24 heavy (non-hydrogen) atoms. The molecule has 0 saturated carbocycles. The van der Waals surface area contributed by atoms with E-state index in [4.69, 9.17) is 4.74 Å². The molecule has 0 aromatic heterocycles. The Bertz CT molecular complexity index is 668. The Balaban J connectivity index is 2.07. The van der Waals surface area contributed by atoms with Crippen LogP contribution >= 0.6 is 31.9 Å². The van der Waals surface area contributed by atoms with E-state index in [1.165, 1.54) is 11.1 Å². The zero-order valence-corrected chi connectivity index (χ0v) is 16.9. The van der Waals surface area contributed by atoms with Crippen LogP contribution in [0.4, 0.5) is 0 Å². The number of nitrogens with one attached hydrogen (secondary N) is 1. The quantitative estimate of drug-likeness (QED) is 0.731. The van der Waals surface area contributed by atoms with Gasteiger partial charge < -0.3 is 10.1 Å². The van der Waals surface area contributed by atoms with Crippen molar-refractivity contribution in [1.29, 1.82) is 0 Å². The van der Waals surface area contributed by atoms with Gasteiger partial charge in [0.15, 0.2) is 0 Å². The van der Waals surface area contributed by atoms with E-state index in [0.29, 0.717) is 0 Å². The second kappa shape index (κ2) is 8.48. The zero-order chi connectivity index (χ0) is 16.9. The van der Waals surface area contributed by atoms with E-state index in [9.17, 15) is 0 Å². The first-order chi connectivity index (χ1) is 11.7. The highest BCUT2D eigenvalue weighted by molar-refractivity contribution is 9.10. The van der Waals surface area contributed by atoms with Crippen LogP contribution in [-0.2, 0) is 0 Å². The van der Waals surface area contributed by atoms with E-state index in [-0.39, 0.29) is 6.04 Å². The van der Waals surface area contributed by atoms with Crippen LogP contribution in [0.25, 0.3) is 0 Å². The Morgan fingerprint density at radius 1 is 1.00 bits per heavy atom. The molecular formula is C19H22Br2N2O. The van der Waals surface area contributed by atoms with Gasteiger partial charge in [0.1, 0.15) is 5.75 Å². The Morgan fingerprint density at radius 2 is 1.75 bits per heavy atom. The van der Waals surface area contributed by atoms with Gasteiger partial charge in [-0.25, -0.2) is 0 Å². The molecule has 1 fully saturated rings. The molecule has 128 valence electrons. The lowest BCUT2D eigenvalue weighted by Crippen LogP contribution is -2.33. The Hall–Kier alpha value is -0.880. The van der Waals surface area contributed by atoms with Crippen LogP contribution in [0.15, 0.2) is 51.4 Å². The summed E-state index contributed by atoms with van der Waals surface area (Å²) in [6.07, 6.45) is 1.16. The number of halogens is 2. The second-order valence-electron chi connectivity index (χ2n) is 5.98. The molecular weight excluding hydrogens is 432 g/mol. The van der Waals surface area contributed by atoms with E-state index in [0.717, 1.165) is 47.3 Å². The predicted molar refractivity (Wildman–Crippen MR) is 106 cm³/mol. The first-order valence-electron chi connectivity index (χ1n) is 8.22. The summed E-state index contributed by atoms with van der Waals surface area (Å²) in [7, 11) is 1.75. The molecule has 0 aliphatic carbocycles. The molecule has 0 spiro atoms. The van der Waals surface area contributed by atoms with Crippen LogP contribution in [0.5, 0.6) is 5.75 Å². The third kappa shape index (κ3) is 4.20. The Kier molecular flexibility index (Phi) is 6.33. The predicted octanol–water partition coefficient (Wildman–Crippen LogP) is 4.60. The van der Waals surface area contributed by atoms with E-state index < -0.39 is 0 Å². The minimum absolute atomic E-state index is 0.186. The number of ether oxygens (including phenoxy) is 1. The van der Waals surface area contributed by atoms with Gasteiger partial charge in [0.25, 0.3) is 0 Å². The monoisotopic (exact) mass is 452 g/mol. The molecule has 1 heterocycles. The number of hydrogen-bond acceptors (Lipinski definition) is 3. The first-order valence-corrected chi connectivity index (χ1v) is 9.81. The molecule has 0 amide bonds. The maximum absolute atomic E-state index is 5.68. The standard InChI is InChI=1S/C19H22Br2N2O/c1-24-18-8-7-16(21)13-17(18)19(14-3-5-15(20)6-4-14)23-11-2-9-22-10-12-23/h3-8,13,19,22H,2,9-12H2,1H3. The smallest absolute Gasteiger partial charge is 0.124 e. The van der Waals surface area contributed by atoms with Crippen LogP contribution in [0.2, 0.25) is 0 Å². The fourth-order valence-corrected chi connectivity index (χ4v) is 3.92. The third-order valence-electron chi connectivity index (χ3n) is 4.41. The number of benzene rings is 2. The molecule has 2 aromatic rings. The molecule has 1 aliphatic rings. The number of nitrogens with zero attached hydrogens (tertiary/aromatic N) is 1. The first kappa shape index (κ1) is 17.9. The van der Waals surface area contributed by atoms with Gasteiger partial charge in [-0.2, -0.15) is 0 Å². The van der Waals surface area contributed by atoms with Crippen LogP contribution < -0.4 is 10.1 Å². The summed E-state index contributed by atoms with van der Waals surface area (Å²) in [5.41, 5.74) is 2.49. The van der Waals surface area contributed by atoms with Crippen molar-refractivity contribution in [2.45, 2.75) is 12.5 Å². The van der Waals surface area contributed by atoms with Crippen LogP contribution in [0.1, 0.15) is 23.6 Å². The van der Waals surface area contributed by atoms with E-state index >= 15 is 0 Å². The number of hydrogen-bond donors (Lipinski definition) is 1. The Morgan fingerprint density at radius 3 is 2.50 bits per heavy atom. The molecule has 1 saturated heterocycles. The highest BCUT2D eigenvalue weighted by Gasteiger charge is 2.26. The lowest BCUT2D eigenvalue weighted by molar-refractivity contribution is 0.236. The summed E-state index contributed by atoms with van der Waals surface area (Å²) in [4.78, 5) is 2.55. The molecule has 5 heteroatoms. The fourth-order valence-electron chi connectivity index (χ4n) is 3.28. The van der Waals surface area contributed by atoms with Gasteiger partial charge in [0, 0.05) is 34.1 Å². The highest BCUT2D eigenvalue weighted by Crippen LogP contribution is 2.37. The molecule has 2 aromatic carbocycles. The van der Waals surface area contributed by atoms with Crippen molar-refractivity contribution in [1.82, 2.24) is 10.2 Å². The maximum atomic E-state index is 5.68. The topological polar surface area (TPSA) is 24.5 Å². The van der Waals surface area contributed by atoms with Gasteiger partial charge in [-0.15, -0.1) is 0 Å². The van der Waals surface area contributed by atoms with Crippen molar-refractivity contribution in [2.24, 2.45) is 0 Å². The van der Waals surface area contributed by atoms with Crippen LogP contribution in [-0.4, -0.2) is 38.2 Å². The summed E-state index contributed by atoms with van der Waals surface area (Å²) in [6.45, 7) is 4.20. The fraction of sp³-hybridized carbons (Fsp3) is 0.368. The van der Waals surface area contributed by atoms with Gasteiger partial charge in [-0.3, -0.25) is 4.90 Å². The number of methoxy groups -OCH3 is 1. The second-order valence-corrected chi connectivity index (χ2v) is 7.81. The summed E-state index contributed by atoms with van der Waals surface area (Å²) in [5, 5.41) is 3.49. The van der Waals surface area contributed by atoms with E-state index in [1.807, 2.05) is 12.1 Å². The van der Waals surface area contributed by atoms with Crippen molar-refractivity contribution in [3.63, 3.8) is 0 Å². The van der Waals surface area contributed by atoms with Crippen LogP contribution in [0.3, 0.4) is 0 Å². The normalized spacial score (nSPS) is 17.3. The minimum Gasteiger partial charge on any atom is -0.496 e. The summed E-state index contributed by atoms with van der Waals surface area (Å²) < 4.78 is 7.85. The van der Waals surface area contributed by atoms with Crippen molar-refractivity contribution in [2.75, 3.05) is 33.3 Å². The Labute approximate surface area is 160 Å². The van der Waals surface area contributed by atoms with Crippen molar-refractivity contribution >= 4 is 31.9 Å². The van der Waals surface area contributed by atoms with Gasteiger partial charge in [-0.05, 0) is 48.9 Å². The third-order valence-corrected chi connectivity index (χ3v) is 5.43. The lowest BCUT2D eigenvalue weighted by atomic mass is 9.96. The van der Waals surface area contributed by atoms with Gasteiger partial charge in [0.05, 0.1) is 13.2 Å². The summed E-state index contributed by atoms with van der Waals surface area (Å²) >= 11 is 7.17. The van der Waals surface area contributed by atoms with E-state index in [1.54, 1.807) is 7.11 Å². The lowest BCUT2D eigenvalue weighted by Gasteiger charge is -2.32. The van der Waals surface area contributed by atoms with Crippen molar-refractivity contribution in [3.05, 3.63) is 62.5 Å². The highest BCUT2D eigenvalue weighted by atomic mass is 79.9. The van der Waals surface area contributed by atoms with Gasteiger partial charge in [0.2, 0.25) is 0 Å².